The third-order valence-electron chi connectivity index (χ3n) is 3.72. The summed E-state index contributed by atoms with van der Waals surface area (Å²) in [6, 6.07) is 2.15. The molecule has 0 N–H and O–H groups in total. The van der Waals surface area contributed by atoms with Crippen molar-refractivity contribution < 1.29 is 9.21 Å². The molecule has 2 atom stereocenters. The summed E-state index contributed by atoms with van der Waals surface area (Å²) < 4.78 is 5.21. The summed E-state index contributed by atoms with van der Waals surface area (Å²) in [5, 5.41) is 0.723. The van der Waals surface area contributed by atoms with Gasteiger partial charge < -0.3 is 9.32 Å². The van der Waals surface area contributed by atoms with Crippen LogP contribution in [0.2, 0.25) is 0 Å². The minimum atomic E-state index is 0.0911. The number of thioether (sulfide) groups is 1. The molecule has 1 fully saturated rings. The van der Waals surface area contributed by atoms with E-state index in [2.05, 4.69) is 6.92 Å². The molecule has 0 bridgehead atoms. The Morgan fingerprint density at radius 2 is 2.33 bits per heavy atom. The molecule has 4 heteroatoms. The van der Waals surface area contributed by atoms with Crippen molar-refractivity contribution in [3.8, 4) is 0 Å². The SMILES string of the molecule is CCSC1CCC(N(C)C(=O)c2ccoc2C)C1. The highest BCUT2D eigenvalue weighted by molar-refractivity contribution is 7.99. The van der Waals surface area contributed by atoms with E-state index in [0.717, 1.165) is 23.8 Å². The number of amides is 1. The van der Waals surface area contributed by atoms with Crippen molar-refractivity contribution in [3.63, 3.8) is 0 Å². The fourth-order valence-corrected chi connectivity index (χ4v) is 3.75. The van der Waals surface area contributed by atoms with E-state index in [-0.39, 0.29) is 5.91 Å². The third kappa shape index (κ3) is 2.74. The highest BCUT2D eigenvalue weighted by Crippen LogP contribution is 2.32. The zero-order chi connectivity index (χ0) is 13.1. The summed E-state index contributed by atoms with van der Waals surface area (Å²) in [5.74, 6) is 1.97. The lowest BCUT2D eigenvalue weighted by Crippen LogP contribution is -2.35. The van der Waals surface area contributed by atoms with Gasteiger partial charge in [-0.3, -0.25) is 4.79 Å². The first-order valence-electron chi connectivity index (χ1n) is 6.56. The Bertz CT molecular complexity index is 416. The highest BCUT2D eigenvalue weighted by Gasteiger charge is 2.30. The average molecular weight is 267 g/mol. The van der Waals surface area contributed by atoms with Crippen LogP contribution in [0.4, 0.5) is 0 Å². The number of nitrogens with zero attached hydrogens (tertiary/aromatic N) is 1. The van der Waals surface area contributed by atoms with Gasteiger partial charge in [0.15, 0.2) is 0 Å². The highest BCUT2D eigenvalue weighted by atomic mass is 32.2. The lowest BCUT2D eigenvalue weighted by molar-refractivity contribution is 0.0733. The predicted octanol–water partition coefficient (Wildman–Crippen LogP) is 3.33. The van der Waals surface area contributed by atoms with E-state index in [1.165, 1.54) is 6.42 Å². The third-order valence-corrected chi connectivity index (χ3v) is 4.95. The zero-order valence-corrected chi connectivity index (χ0v) is 12.1. The van der Waals surface area contributed by atoms with Crippen LogP contribution in [-0.2, 0) is 0 Å². The molecule has 0 aliphatic heterocycles. The van der Waals surface area contributed by atoms with Crippen molar-refractivity contribution in [2.24, 2.45) is 0 Å². The Labute approximate surface area is 113 Å². The summed E-state index contributed by atoms with van der Waals surface area (Å²) in [6.45, 7) is 4.03. The minimum absolute atomic E-state index is 0.0911. The molecule has 0 aromatic carbocycles. The Morgan fingerprint density at radius 1 is 1.56 bits per heavy atom. The monoisotopic (exact) mass is 267 g/mol. The van der Waals surface area contributed by atoms with Crippen molar-refractivity contribution in [1.29, 1.82) is 0 Å². The largest absolute Gasteiger partial charge is 0.469 e. The van der Waals surface area contributed by atoms with Gasteiger partial charge in [-0.25, -0.2) is 0 Å². The summed E-state index contributed by atoms with van der Waals surface area (Å²) in [6.07, 6.45) is 5.06. The van der Waals surface area contributed by atoms with Gasteiger partial charge in [0.05, 0.1) is 11.8 Å². The van der Waals surface area contributed by atoms with E-state index in [0.29, 0.717) is 17.4 Å². The molecule has 18 heavy (non-hydrogen) atoms. The van der Waals surface area contributed by atoms with Crippen LogP contribution in [0.3, 0.4) is 0 Å². The summed E-state index contributed by atoms with van der Waals surface area (Å²) in [7, 11) is 1.92. The quantitative estimate of drug-likeness (QED) is 0.839. The van der Waals surface area contributed by atoms with Crippen LogP contribution in [0.5, 0.6) is 0 Å². The van der Waals surface area contributed by atoms with Crippen LogP contribution in [0.15, 0.2) is 16.7 Å². The van der Waals surface area contributed by atoms with E-state index in [1.807, 2.05) is 30.6 Å². The molecule has 2 rings (SSSR count). The summed E-state index contributed by atoms with van der Waals surface area (Å²) >= 11 is 2.02. The van der Waals surface area contributed by atoms with E-state index < -0.39 is 0 Å². The van der Waals surface area contributed by atoms with Crippen LogP contribution >= 0.6 is 11.8 Å². The molecule has 3 nitrogen and oxygen atoms in total. The van der Waals surface area contributed by atoms with Gasteiger partial charge in [-0.1, -0.05) is 6.92 Å². The number of hydrogen-bond acceptors (Lipinski definition) is 3. The molecule has 1 aromatic rings. The Morgan fingerprint density at radius 3 is 2.94 bits per heavy atom. The molecule has 2 unspecified atom stereocenters. The molecule has 0 radical (unpaired) electrons. The molecule has 1 aromatic heterocycles. The fraction of sp³-hybridized carbons (Fsp3) is 0.643. The molecule has 1 saturated carbocycles. The molecular formula is C14H21NO2S. The molecule has 0 spiro atoms. The van der Waals surface area contributed by atoms with Gasteiger partial charge in [0, 0.05) is 18.3 Å². The zero-order valence-electron chi connectivity index (χ0n) is 11.3. The molecule has 1 amide bonds. The number of hydrogen-bond donors (Lipinski definition) is 0. The van der Waals surface area contributed by atoms with Gasteiger partial charge >= 0.3 is 0 Å². The molecular weight excluding hydrogens is 246 g/mol. The van der Waals surface area contributed by atoms with Crippen molar-refractivity contribution in [3.05, 3.63) is 23.7 Å². The number of rotatable bonds is 4. The van der Waals surface area contributed by atoms with Crippen LogP contribution in [-0.4, -0.2) is 34.9 Å². The normalized spacial score (nSPS) is 23.3. The van der Waals surface area contributed by atoms with Crippen LogP contribution in [0.25, 0.3) is 0 Å². The topological polar surface area (TPSA) is 33.5 Å². The standard InChI is InChI=1S/C14H21NO2S/c1-4-18-12-6-5-11(9-12)15(3)14(16)13-7-8-17-10(13)2/h7-8,11-12H,4-6,9H2,1-3H3. The first-order valence-corrected chi connectivity index (χ1v) is 7.61. The van der Waals surface area contributed by atoms with E-state index >= 15 is 0 Å². The predicted molar refractivity (Wildman–Crippen MR) is 75.1 cm³/mol. The lowest BCUT2D eigenvalue weighted by atomic mass is 10.1. The maximum Gasteiger partial charge on any atom is 0.257 e. The Hall–Kier alpha value is -0.900. The number of carbonyl (C=O) groups is 1. The molecule has 1 aliphatic rings. The number of aryl methyl sites for hydroxylation is 1. The maximum absolute atomic E-state index is 12.3. The lowest BCUT2D eigenvalue weighted by Gasteiger charge is -2.24. The number of furan rings is 1. The van der Waals surface area contributed by atoms with Gasteiger partial charge in [0.1, 0.15) is 5.76 Å². The van der Waals surface area contributed by atoms with Gasteiger partial charge in [0.2, 0.25) is 0 Å². The van der Waals surface area contributed by atoms with Crippen LogP contribution in [0, 0.1) is 6.92 Å². The van der Waals surface area contributed by atoms with Crippen molar-refractivity contribution in [2.45, 2.75) is 44.4 Å². The molecule has 1 heterocycles. The van der Waals surface area contributed by atoms with Gasteiger partial charge in [0.25, 0.3) is 5.91 Å². The number of carbonyl (C=O) groups excluding carboxylic acids is 1. The Balaban J connectivity index is 1.98. The molecule has 100 valence electrons. The summed E-state index contributed by atoms with van der Waals surface area (Å²) in [4.78, 5) is 14.2. The van der Waals surface area contributed by atoms with Crippen LogP contribution < -0.4 is 0 Å². The molecule has 0 saturated heterocycles. The average Bonchev–Trinajstić information content (AvgIpc) is 2.97. The first kappa shape index (κ1) is 13.5. The second-order valence-corrected chi connectivity index (χ2v) is 6.43. The van der Waals surface area contributed by atoms with Crippen molar-refractivity contribution in [2.75, 3.05) is 12.8 Å². The van der Waals surface area contributed by atoms with E-state index in [1.54, 1.807) is 12.3 Å². The maximum atomic E-state index is 12.3. The van der Waals surface area contributed by atoms with Gasteiger partial charge in [-0.15, -0.1) is 0 Å². The van der Waals surface area contributed by atoms with Gasteiger partial charge in [-0.05, 0) is 38.0 Å². The summed E-state index contributed by atoms with van der Waals surface area (Å²) in [5.41, 5.74) is 0.698. The fourth-order valence-electron chi connectivity index (χ4n) is 2.62. The minimum Gasteiger partial charge on any atom is -0.469 e. The first-order chi connectivity index (χ1) is 8.63. The van der Waals surface area contributed by atoms with Crippen molar-refractivity contribution >= 4 is 17.7 Å². The van der Waals surface area contributed by atoms with Crippen LogP contribution in [0.1, 0.15) is 42.3 Å². The smallest absolute Gasteiger partial charge is 0.257 e. The van der Waals surface area contributed by atoms with Gasteiger partial charge in [-0.2, -0.15) is 11.8 Å². The van der Waals surface area contributed by atoms with Crippen molar-refractivity contribution in [1.82, 2.24) is 4.90 Å². The molecule has 1 aliphatic carbocycles. The van der Waals surface area contributed by atoms with E-state index in [9.17, 15) is 4.79 Å². The second kappa shape index (κ2) is 5.83. The second-order valence-electron chi connectivity index (χ2n) is 4.85. The Kier molecular flexibility index (Phi) is 4.38. The van der Waals surface area contributed by atoms with E-state index in [4.69, 9.17) is 4.42 Å².